The molecule has 0 bridgehead atoms. The number of carbonyl (C=O) groups excluding carboxylic acids is 1. The summed E-state index contributed by atoms with van der Waals surface area (Å²) in [6, 6.07) is 19.9. The Labute approximate surface area is 171 Å². The van der Waals surface area contributed by atoms with Crippen molar-refractivity contribution in [2.45, 2.75) is 51.9 Å². The van der Waals surface area contributed by atoms with Gasteiger partial charge in [-0.3, -0.25) is 4.79 Å². The minimum atomic E-state index is -0.610. The minimum absolute atomic E-state index is 0.111. The first kappa shape index (κ1) is 19.3. The van der Waals surface area contributed by atoms with Gasteiger partial charge in [-0.25, -0.2) is 0 Å². The van der Waals surface area contributed by atoms with E-state index in [2.05, 4.69) is 11.4 Å². The van der Waals surface area contributed by atoms with Crippen molar-refractivity contribution < 1.29 is 14.3 Å². The van der Waals surface area contributed by atoms with Crippen LogP contribution in [0.2, 0.25) is 0 Å². The van der Waals surface area contributed by atoms with E-state index in [1.54, 1.807) is 6.92 Å². The molecule has 0 unspecified atom stereocenters. The molecule has 150 valence electrons. The van der Waals surface area contributed by atoms with Crippen molar-refractivity contribution in [1.29, 1.82) is 0 Å². The first-order valence-electron chi connectivity index (χ1n) is 10.1. The van der Waals surface area contributed by atoms with E-state index in [0.29, 0.717) is 12.2 Å². The summed E-state index contributed by atoms with van der Waals surface area (Å²) < 4.78 is 12.2. The van der Waals surface area contributed by atoms with Crippen molar-refractivity contribution >= 4 is 16.7 Å². The van der Waals surface area contributed by atoms with E-state index < -0.39 is 6.10 Å². The molecule has 0 saturated carbocycles. The predicted molar refractivity (Wildman–Crippen MR) is 115 cm³/mol. The Bertz CT molecular complexity index is 1050. The second-order valence-corrected chi connectivity index (χ2v) is 8.41. The van der Waals surface area contributed by atoms with E-state index in [-0.39, 0.29) is 17.6 Å². The highest BCUT2D eigenvalue weighted by Gasteiger charge is 2.35. The third kappa shape index (κ3) is 4.07. The Balaban J connectivity index is 1.53. The third-order valence-corrected chi connectivity index (χ3v) is 5.37. The van der Waals surface area contributed by atoms with E-state index in [9.17, 15) is 4.79 Å². The minimum Gasteiger partial charge on any atom is -0.487 e. The summed E-state index contributed by atoms with van der Waals surface area (Å²) in [5, 5.41) is 5.27. The standard InChI is InChI=1S/C25H27NO3/c1-16-12-13-20-21(15-25(3,4)29-23(20)14-16)26-24(27)17(2)28-22-11-7-9-18-8-5-6-10-19(18)22/h5-14,17,21H,15H2,1-4H3,(H,26,27)/t17-,21-/m1/s1. The average Bonchev–Trinajstić information content (AvgIpc) is 2.67. The molecule has 1 amide bonds. The molecule has 1 aliphatic rings. The average molecular weight is 389 g/mol. The molecule has 1 aliphatic heterocycles. The fourth-order valence-corrected chi connectivity index (χ4v) is 3.92. The highest BCUT2D eigenvalue weighted by Crippen LogP contribution is 2.40. The van der Waals surface area contributed by atoms with Crippen LogP contribution in [0.4, 0.5) is 0 Å². The Hall–Kier alpha value is -3.01. The molecule has 29 heavy (non-hydrogen) atoms. The highest BCUT2D eigenvalue weighted by molar-refractivity contribution is 5.89. The van der Waals surface area contributed by atoms with Crippen molar-refractivity contribution in [2.75, 3.05) is 0 Å². The Morgan fingerprint density at radius 1 is 1.14 bits per heavy atom. The fraction of sp³-hybridized carbons (Fsp3) is 0.320. The van der Waals surface area contributed by atoms with Gasteiger partial charge in [-0.2, -0.15) is 0 Å². The fourth-order valence-electron chi connectivity index (χ4n) is 3.92. The van der Waals surface area contributed by atoms with Crippen LogP contribution in [0.15, 0.2) is 60.7 Å². The summed E-state index contributed by atoms with van der Waals surface area (Å²) in [6.07, 6.45) is 0.0937. The van der Waals surface area contributed by atoms with Gasteiger partial charge in [-0.1, -0.05) is 48.5 Å². The topological polar surface area (TPSA) is 47.6 Å². The number of nitrogens with one attached hydrogen (secondary N) is 1. The molecule has 0 spiro atoms. The van der Waals surface area contributed by atoms with Gasteiger partial charge < -0.3 is 14.8 Å². The maximum absolute atomic E-state index is 13.0. The first-order chi connectivity index (χ1) is 13.8. The summed E-state index contributed by atoms with van der Waals surface area (Å²) in [5.41, 5.74) is 1.80. The summed E-state index contributed by atoms with van der Waals surface area (Å²) in [5.74, 6) is 1.43. The highest BCUT2D eigenvalue weighted by atomic mass is 16.5. The summed E-state index contributed by atoms with van der Waals surface area (Å²) >= 11 is 0. The number of hydrogen-bond donors (Lipinski definition) is 1. The Kier molecular flexibility index (Phi) is 4.95. The molecule has 1 heterocycles. The molecule has 4 nitrogen and oxygen atoms in total. The third-order valence-electron chi connectivity index (χ3n) is 5.37. The number of aryl methyl sites for hydroxylation is 1. The molecule has 0 aromatic heterocycles. The van der Waals surface area contributed by atoms with E-state index in [4.69, 9.17) is 9.47 Å². The van der Waals surface area contributed by atoms with Crippen molar-refractivity contribution in [1.82, 2.24) is 5.32 Å². The molecule has 0 fully saturated rings. The molecular weight excluding hydrogens is 362 g/mol. The lowest BCUT2D eigenvalue weighted by Gasteiger charge is -2.38. The van der Waals surface area contributed by atoms with Crippen LogP contribution in [0.1, 0.15) is 44.4 Å². The van der Waals surface area contributed by atoms with Crippen molar-refractivity contribution in [3.63, 3.8) is 0 Å². The van der Waals surface area contributed by atoms with Gasteiger partial charge in [0.05, 0.1) is 6.04 Å². The normalized spacial score (nSPS) is 18.4. The number of carbonyl (C=O) groups is 1. The quantitative estimate of drug-likeness (QED) is 0.656. The molecule has 1 N–H and O–H groups in total. The number of hydrogen-bond acceptors (Lipinski definition) is 3. The van der Waals surface area contributed by atoms with Crippen molar-refractivity contribution in [3.8, 4) is 11.5 Å². The van der Waals surface area contributed by atoms with E-state index in [0.717, 1.165) is 27.6 Å². The van der Waals surface area contributed by atoms with E-state index in [1.807, 2.05) is 75.4 Å². The van der Waals surface area contributed by atoms with Crippen molar-refractivity contribution in [3.05, 3.63) is 71.8 Å². The van der Waals surface area contributed by atoms with Crippen LogP contribution in [0.3, 0.4) is 0 Å². The molecule has 3 aromatic rings. The zero-order valence-corrected chi connectivity index (χ0v) is 17.4. The van der Waals surface area contributed by atoms with Crippen LogP contribution >= 0.6 is 0 Å². The molecule has 3 aromatic carbocycles. The maximum Gasteiger partial charge on any atom is 0.261 e. The van der Waals surface area contributed by atoms with Crippen molar-refractivity contribution in [2.24, 2.45) is 0 Å². The van der Waals surface area contributed by atoms with Gasteiger partial charge in [0.2, 0.25) is 0 Å². The number of benzene rings is 3. The molecule has 4 rings (SSSR count). The van der Waals surface area contributed by atoms with E-state index in [1.165, 1.54) is 0 Å². The summed E-state index contributed by atoms with van der Waals surface area (Å²) in [7, 11) is 0. The van der Waals surface area contributed by atoms with E-state index >= 15 is 0 Å². The van der Waals surface area contributed by atoms with Crippen LogP contribution in [0.25, 0.3) is 10.8 Å². The first-order valence-corrected chi connectivity index (χ1v) is 10.1. The number of rotatable bonds is 4. The largest absolute Gasteiger partial charge is 0.487 e. The molecule has 2 atom stereocenters. The summed E-state index contributed by atoms with van der Waals surface area (Å²) in [6.45, 7) is 7.93. The van der Waals surface area contributed by atoms with Crippen LogP contribution in [-0.2, 0) is 4.79 Å². The van der Waals surface area contributed by atoms with Crippen LogP contribution < -0.4 is 14.8 Å². The Morgan fingerprint density at radius 2 is 1.90 bits per heavy atom. The lowest BCUT2D eigenvalue weighted by atomic mass is 9.89. The molecule has 4 heteroatoms. The zero-order chi connectivity index (χ0) is 20.6. The second kappa shape index (κ2) is 7.43. The van der Waals surface area contributed by atoms with Crippen LogP contribution in [-0.4, -0.2) is 17.6 Å². The number of amides is 1. The smallest absolute Gasteiger partial charge is 0.261 e. The van der Waals surface area contributed by atoms with Gasteiger partial charge in [0.1, 0.15) is 17.1 Å². The maximum atomic E-state index is 13.0. The zero-order valence-electron chi connectivity index (χ0n) is 17.4. The lowest BCUT2D eigenvalue weighted by Crippen LogP contribution is -2.44. The van der Waals surface area contributed by atoms with Gasteiger partial charge in [-0.05, 0) is 50.8 Å². The lowest BCUT2D eigenvalue weighted by molar-refractivity contribution is -0.128. The summed E-state index contributed by atoms with van der Waals surface area (Å²) in [4.78, 5) is 13.0. The monoisotopic (exact) mass is 389 g/mol. The number of fused-ring (bicyclic) bond motifs is 2. The van der Waals surface area contributed by atoms with Gasteiger partial charge in [0, 0.05) is 17.4 Å². The SMILES string of the molecule is Cc1ccc2c(c1)OC(C)(C)C[C@H]2NC(=O)[C@@H](C)Oc1cccc2ccccc12. The number of ether oxygens (including phenoxy) is 2. The second-order valence-electron chi connectivity index (χ2n) is 8.41. The van der Waals surface area contributed by atoms with Gasteiger partial charge >= 0.3 is 0 Å². The molecule has 0 aliphatic carbocycles. The molecular formula is C25H27NO3. The predicted octanol–water partition coefficient (Wildman–Crippen LogP) is 5.33. The Morgan fingerprint density at radius 3 is 2.72 bits per heavy atom. The molecule has 0 radical (unpaired) electrons. The van der Waals surface area contributed by atoms with Crippen LogP contribution in [0.5, 0.6) is 11.5 Å². The van der Waals surface area contributed by atoms with Gasteiger partial charge in [0.15, 0.2) is 6.10 Å². The van der Waals surface area contributed by atoms with Gasteiger partial charge in [-0.15, -0.1) is 0 Å². The molecule has 0 saturated heterocycles. The van der Waals surface area contributed by atoms with Gasteiger partial charge in [0.25, 0.3) is 5.91 Å². The van der Waals surface area contributed by atoms with Crippen LogP contribution in [0, 0.1) is 6.92 Å².